The number of carbonyl (C=O) groups excluding carboxylic acids is 3. The van der Waals surface area contributed by atoms with Crippen LogP contribution in [0.2, 0.25) is 0 Å². The molecule has 3 aromatic carbocycles. The van der Waals surface area contributed by atoms with E-state index in [1.807, 2.05) is 85.7 Å². The van der Waals surface area contributed by atoms with Crippen molar-refractivity contribution in [2.45, 2.75) is 31.7 Å². The molecular formula is C33H38N8O4S. The molecule has 0 unspecified atom stereocenters. The number of hydrazine groups is 1. The predicted octanol–water partition coefficient (Wildman–Crippen LogP) is 3.13. The summed E-state index contributed by atoms with van der Waals surface area (Å²) in [6.45, 7) is 0.814. The summed E-state index contributed by atoms with van der Waals surface area (Å²) in [5, 5.41) is 6.60. The topological polar surface area (TPSA) is 128 Å². The molecule has 0 saturated carbocycles. The number of aromatic nitrogens is 1. The van der Waals surface area contributed by atoms with Crippen molar-refractivity contribution in [1.29, 1.82) is 0 Å². The number of amides is 4. The number of ether oxygens (including phenoxy) is 1. The van der Waals surface area contributed by atoms with Gasteiger partial charge >= 0.3 is 6.03 Å². The summed E-state index contributed by atoms with van der Waals surface area (Å²) in [5.74, 6) is 0.393. The Labute approximate surface area is 271 Å². The molecular weight excluding hydrogens is 604 g/mol. The standard InChI is InChI=1S/C33H38N8O4S/c1-37(2)24-12-8-21(9-13-24)16-26-31(43)39(18-23-6-5-7-27-30(23)36-32(34)46-27)19-28-40(20-29(42)41(26)28)38(3)33(44)35-17-22-10-14-25(45-4)15-11-22/h5-15,26,28H,16-20H2,1-4H3,(H2,34,36)(H,35,44)/t26-,28+/m0/s1. The van der Waals surface area contributed by atoms with Gasteiger partial charge in [0, 0.05) is 46.3 Å². The van der Waals surface area contributed by atoms with Crippen molar-refractivity contribution >= 4 is 50.2 Å². The number of methoxy groups -OCH3 is 1. The maximum absolute atomic E-state index is 14.2. The average molecular weight is 643 g/mol. The largest absolute Gasteiger partial charge is 0.497 e. The van der Waals surface area contributed by atoms with Gasteiger partial charge in [-0.2, -0.15) is 5.01 Å². The van der Waals surface area contributed by atoms with Crippen LogP contribution in [0.3, 0.4) is 0 Å². The van der Waals surface area contributed by atoms with Crippen LogP contribution in [0.25, 0.3) is 10.2 Å². The van der Waals surface area contributed by atoms with Crippen LogP contribution in [0, 0.1) is 0 Å². The quantitative estimate of drug-likeness (QED) is 0.285. The molecule has 2 aliphatic heterocycles. The zero-order valence-corrected chi connectivity index (χ0v) is 27.2. The molecule has 2 fully saturated rings. The minimum atomic E-state index is -0.739. The van der Waals surface area contributed by atoms with E-state index in [4.69, 9.17) is 10.5 Å². The van der Waals surface area contributed by atoms with Gasteiger partial charge in [0.2, 0.25) is 11.8 Å². The second kappa shape index (κ2) is 12.9. The molecule has 1 aromatic heterocycles. The fourth-order valence-corrected chi connectivity index (χ4v) is 6.89. The third-order valence-corrected chi connectivity index (χ3v) is 9.46. The number of nitrogens with zero attached hydrogens (tertiary/aromatic N) is 6. The number of rotatable bonds is 9. The van der Waals surface area contributed by atoms with Crippen LogP contribution in [0.5, 0.6) is 5.75 Å². The Kier molecular flexibility index (Phi) is 8.69. The molecule has 4 amide bonds. The van der Waals surface area contributed by atoms with Gasteiger partial charge in [-0.3, -0.25) is 14.6 Å². The monoisotopic (exact) mass is 642 g/mol. The van der Waals surface area contributed by atoms with Gasteiger partial charge < -0.3 is 30.5 Å². The van der Waals surface area contributed by atoms with Gasteiger partial charge in [0.25, 0.3) is 0 Å². The van der Waals surface area contributed by atoms with Crippen molar-refractivity contribution in [2.75, 3.05) is 52.0 Å². The number of piperazine rings is 1. The first-order valence-corrected chi connectivity index (χ1v) is 15.9. The number of carbonyl (C=O) groups is 3. The maximum atomic E-state index is 14.2. The Morgan fingerprint density at radius 2 is 1.76 bits per heavy atom. The van der Waals surface area contributed by atoms with Gasteiger partial charge in [0.15, 0.2) is 5.13 Å². The molecule has 2 saturated heterocycles. The van der Waals surface area contributed by atoms with E-state index >= 15 is 0 Å². The van der Waals surface area contributed by atoms with E-state index in [0.717, 1.165) is 38.3 Å². The van der Waals surface area contributed by atoms with Gasteiger partial charge in [0.05, 0.1) is 30.4 Å². The highest BCUT2D eigenvalue weighted by atomic mass is 32.1. The van der Waals surface area contributed by atoms with Crippen molar-refractivity contribution in [3.05, 3.63) is 83.4 Å². The number of anilines is 2. The first-order chi connectivity index (χ1) is 22.1. The third kappa shape index (κ3) is 6.15. The number of nitrogen functional groups attached to an aromatic ring is 1. The molecule has 46 heavy (non-hydrogen) atoms. The zero-order chi connectivity index (χ0) is 32.5. The second-order valence-electron chi connectivity index (χ2n) is 11.7. The lowest BCUT2D eigenvalue weighted by Crippen LogP contribution is -2.65. The summed E-state index contributed by atoms with van der Waals surface area (Å²) in [5.41, 5.74) is 10.6. The van der Waals surface area contributed by atoms with Crippen molar-refractivity contribution in [1.82, 2.24) is 30.1 Å². The first kappa shape index (κ1) is 31.1. The van der Waals surface area contributed by atoms with E-state index in [1.54, 1.807) is 29.0 Å². The van der Waals surface area contributed by atoms with Crippen molar-refractivity contribution in [3.8, 4) is 5.75 Å². The van der Waals surface area contributed by atoms with Crippen LogP contribution in [-0.4, -0.2) is 96.2 Å². The van der Waals surface area contributed by atoms with Crippen molar-refractivity contribution < 1.29 is 19.1 Å². The van der Waals surface area contributed by atoms with E-state index < -0.39 is 12.2 Å². The molecule has 240 valence electrons. The van der Waals surface area contributed by atoms with E-state index in [0.29, 0.717) is 24.6 Å². The third-order valence-electron chi connectivity index (χ3n) is 8.61. The van der Waals surface area contributed by atoms with Crippen molar-refractivity contribution in [3.63, 3.8) is 0 Å². The van der Waals surface area contributed by atoms with Crippen molar-refractivity contribution in [2.24, 2.45) is 0 Å². The fraction of sp³-hybridized carbons (Fsp3) is 0.333. The van der Waals surface area contributed by atoms with Crippen LogP contribution < -0.4 is 20.7 Å². The number of thiazole rings is 1. The average Bonchev–Trinajstić information content (AvgIpc) is 3.60. The number of nitrogens with two attached hydrogens (primary N) is 1. The molecule has 3 heterocycles. The van der Waals surface area contributed by atoms with Crippen LogP contribution in [0.4, 0.5) is 15.6 Å². The van der Waals surface area contributed by atoms with E-state index in [-0.39, 0.29) is 30.9 Å². The lowest BCUT2D eigenvalue weighted by molar-refractivity contribution is -0.157. The van der Waals surface area contributed by atoms with Gasteiger partial charge in [-0.1, -0.05) is 47.7 Å². The van der Waals surface area contributed by atoms with Crippen LogP contribution in [0.1, 0.15) is 16.7 Å². The second-order valence-corrected chi connectivity index (χ2v) is 12.8. The first-order valence-electron chi connectivity index (χ1n) is 15.0. The number of nitrogens with one attached hydrogen (secondary N) is 1. The molecule has 4 aromatic rings. The van der Waals surface area contributed by atoms with Gasteiger partial charge in [-0.15, -0.1) is 0 Å². The Balaban J connectivity index is 1.26. The molecule has 0 bridgehead atoms. The number of para-hydroxylation sites is 1. The highest BCUT2D eigenvalue weighted by Crippen LogP contribution is 2.32. The number of benzene rings is 3. The normalized spacial score (nSPS) is 18.2. The summed E-state index contributed by atoms with van der Waals surface area (Å²) < 4.78 is 6.17. The summed E-state index contributed by atoms with van der Waals surface area (Å²) in [6.07, 6.45) is -0.187. The molecule has 6 rings (SSSR count). The van der Waals surface area contributed by atoms with Gasteiger partial charge in [0.1, 0.15) is 18.0 Å². The van der Waals surface area contributed by atoms with Gasteiger partial charge in [-0.05, 0) is 47.0 Å². The van der Waals surface area contributed by atoms with E-state index in [2.05, 4.69) is 10.3 Å². The summed E-state index contributed by atoms with van der Waals surface area (Å²) in [4.78, 5) is 51.2. The van der Waals surface area contributed by atoms with Crippen LogP contribution >= 0.6 is 11.3 Å². The number of hydrogen-bond donors (Lipinski definition) is 2. The summed E-state index contributed by atoms with van der Waals surface area (Å²) in [7, 11) is 7.20. The van der Waals surface area contributed by atoms with E-state index in [1.165, 1.54) is 16.3 Å². The summed E-state index contributed by atoms with van der Waals surface area (Å²) in [6, 6.07) is 20.2. The minimum absolute atomic E-state index is 0.0213. The highest BCUT2D eigenvalue weighted by molar-refractivity contribution is 7.22. The molecule has 0 aliphatic carbocycles. The SMILES string of the molecule is COc1ccc(CNC(=O)N(C)N2CC(=O)N3[C@@H](Cc4ccc(N(C)C)cc4)C(=O)N(Cc4cccc5sc(N)nc45)C[C@@H]32)cc1. The smallest absolute Gasteiger partial charge is 0.332 e. The van der Waals surface area contributed by atoms with E-state index in [9.17, 15) is 14.4 Å². The minimum Gasteiger partial charge on any atom is -0.497 e. The number of hydrogen-bond acceptors (Lipinski definition) is 9. The Morgan fingerprint density at radius 1 is 1.04 bits per heavy atom. The molecule has 0 spiro atoms. The van der Waals surface area contributed by atoms with Gasteiger partial charge in [-0.25, -0.2) is 9.78 Å². The predicted molar refractivity (Wildman–Crippen MR) is 178 cm³/mol. The van der Waals surface area contributed by atoms with Crippen LogP contribution in [0.15, 0.2) is 66.7 Å². The molecule has 2 atom stereocenters. The lowest BCUT2D eigenvalue weighted by atomic mass is 9.99. The number of urea groups is 1. The summed E-state index contributed by atoms with van der Waals surface area (Å²) >= 11 is 1.40. The maximum Gasteiger partial charge on any atom is 0.332 e. The molecule has 13 heteroatoms. The molecule has 12 nitrogen and oxygen atoms in total. The van der Waals surface area contributed by atoms with Crippen LogP contribution in [-0.2, 0) is 29.1 Å². The molecule has 2 aliphatic rings. The lowest BCUT2D eigenvalue weighted by Gasteiger charge is -2.45. The zero-order valence-electron chi connectivity index (χ0n) is 26.3. The Hall–Kier alpha value is -4.88. The number of fused-ring (bicyclic) bond motifs is 2. The molecule has 0 radical (unpaired) electrons. The fourth-order valence-electron chi connectivity index (χ4n) is 6.11. The Morgan fingerprint density at radius 3 is 2.46 bits per heavy atom. The molecule has 3 N–H and O–H groups in total. The Bertz CT molecular complexity index is 1740. The highest BCUT2D eigenvalue weighted by Gasteiger charge is 2.51.